The van der Waals surface area contributed by atoms with Crippen LogP contribution < -0.4 is 10.5 Å². The number of benzene rings is 1. The molecule has 1 fully saturated rings. The number of ether oxygens (including phenoxy) is 1. The minimum absolute atomic E-state index is 0. The lowest BCUT2D eigenvalue weighted by Crippen LogP contribution is -2.50. The minimum Gasteiger partial charge on any atom is -0.496 e. The van der Waals surface area contributed by atoms with Crippen LogP contribution >= 0.6 is 23.7 Å². The first kappa shape index (κ1) is 22.1. The van der Waals surface area contributed by atoms with E-state index in [-0.39, 0.29) is 24.2 Å². The van der Waals surface area contributed by atoms with Gasteiger partial charge in [-0.2, -0.15) is 0 Å². The fourth-order valence-corrected chi connectivity index (χ4v) is 3.85. The number of nitrogens with zero attached hydrogens (tertiary/aromatic N) is 3. The largest absolute Gasteiger partial charge is 0.496 e. The number of aromatic nitrogens is 1. The molecule has 152 valence electrons. The van der Waals surface area contributed by atoms with Gasteiger partial charge in [0.15, 0.2) is 0 Å². The van der Waals surface area contributed by atoms with Crippen LogP contribution in [0.3, 0.4) is 0 Å². The third-order valence-corrected chi connectivity index (χ3v) is 5.55. The van der Waals surface area contributed by atoms with Gasteiger partial charge < -0.3 is 20.3 Å². The van der Waals surface area contributed by atoms with E-state index in [1.54, 1.807) is 28.4 Å². The van der Waals surface area contributed by atoms with E-state index < -0.39 is 0 Å². The maximum atomic E-state index is 12.7. The van der Waals surface area contributed by atoms with Crippen molar-refractivity contribution in [2.75, 3.05) is 39.8 Å². The summed E-state index contributed by atoms with van der Waals surface area (Å²) < 4.78 is 5.30. The van der Waals surface area contributed by atoms with Crippen molar-refractivity contribution < 1.29 is 14.3 Å². The zero-order valence-electron chi connectivity index (χ0n) is 16.0. The van der Waals surface area contributed by atoms with Crippen LogP contribution in [0.5, 0.6) is 5.75 Å². The molecule has 1 aromatic heterocycles. The summed E-state index contributed by atoms with van der Waals surface area (Å²) in [6, 6.07) is 5.46. The van der Waals surface area contributed by atoms with Crippen LogP contribution in [0, 0.1) is 6.92 Å². The highest BCUT2D eigenvalue weighted by atomic mass is 35.5. The molecule has 0 unspecified atom stereocenters. The van der Waals surface area contributed by atoms with Crippen molar-refractivity contribution in [3.63, 3.8) is 0 Å². The van der Waals surface area contributed by atoms with Crippen molar-refractivity contribution in [3.05, 3.63) is 45.4 Å². The Morgan fingerprint density at radius 1 is 1.18 bits per heavy atom. The SMILES string of the molecule is COc1cc(C(=O)N2CCN(C(=O)c3csc(CCN)n3)CC2)ccc1C.Cl. The van der Waals surface area contributed by atoms with Gasteiger partial charge in [-0.05, 0) is 31.2 Å². The average molecular weight is 425 g/mol. The molecule has 2 N–H and O–H groups in total. The summed E-state index contributed by atoms with van der Waals surface area (Å²) in [7, 11) is 1.60. The molecule has 0 saturated carbocycles. The molecule has 1 saturated heterocycles. The van der Waals surface area contributed by atoms with Crippen molar-refractivity contribution in [2.45, 2.75) is 13.3 Å². The summed E-state index contributed by atoms with van der Waals surface area (Å²) >= 11 is 1.46. The number of hydrogen-bond donors (Lipinski definition) is 1. The molecule has 2 aromatic rings. The lowest BCUT2D eigenvalue weighted by atomic mass is 10.1. The van der Waals surface area contributed by atoms with Crippen molar-refractivity contribution in [2.24, 2.45) is 5.73 Å². The zero-order valence-corrected chi connectivity index (χ0v) is 17.6. The molecule has 0 aliphatic carbocycles. The lowest BCUT2D eigenvalue weighted by Gasteiger charge is -2.34. The minimum atomic E-state index is -0.0846. The summed E-state index contributed by atoms with van der Waals surface area (Å²) in [6.07, 6.45) is 0.681. The van der Waals surface area contributed by atoms with Crippen molar-refractivity contribution in [1.82, 2.24) is 14.8 Å². The molecule has 0 atom stereocenters. The van der Waals surface area contributed by atoms with Crippen LogP contribution in [0.15, 0.2) is 23.6 Å². The second kappa shape index (κ2) is 9.86. The van der Waals surface area contributed by atoms with Crippen molar-refractivity contribution in [3.8, 4) is 5.75 Å². The Bertz CT molecular complexity index is 834. The molecule has 0 radical (unpaired) electrons. The Morgan fingerprint density at radius 3 is 2.43 bits per heavy atom. The standard InChI is InChI=1S/C19H24N4O3S.ClH/c1-13-3-4-14(11-16(13)26-2)18(24)22-7-9-23(10-8-22)19(25)15-12-27-17(21-15)5-6-20;/h3-4,11-12H,5-10,20H2,1-2H3;1H. The smallest absolute Gasteiger partial charge is 0.273 e. The number of amides is 2. The van der Waals surface area contributed by atoms with E-state index in [0.29, 0.717) is 56.2 Å². The summed E-state index contributed by atoms with van der Waals surface area (Å²) in [6.45, 7) is 4.45. The van der Waals surface area contributed by atoms with Gasteiger partial charge in [-0.1, -0.05) is 6.07 Å². The van der Waals surface area contributed by atoms with Crippen LogP contribution in [0.1, 0.15) is 31.4 Å². The first-order chi connectivity index (χ1) is 13.0. The van der Waals surface area contributed by atoms with Crippen LogP contribution in [-0.2, 0) is 6.42 Å². The zero-order chi connectivity index (χ0) is 19.4. The first-order valence-corrected chi connectivity index (χ1v) is 9.79. The second-order valence-corrected chi connectivity index (χ2v) is 7.38. The molecular weight excluding hydrogens is 400 g/mol. The van der Waals surface area contributed by atoms with Gasteiger partial charge in [-0.25, -0.2) is 4.98 Å². The quantitative estimate of drug-likeness (QED) is 0.792. The van der Waals surface area contributed by atoms with Crippen LogP contribution in [-0.4, -0.2) is 66.4 Å². The number of hydrogen-bond acceptors (Lipinski definition) is 6. The van der Waals surface area contributed by atoms with E-state index in [0.717, 1.165) is 10.6 Å². The van der Waals surface area contributed by atoms with Gasteiger partial charge >= 0.3 is 0 Å². The van der Waals surface area contributed by atoms with Gasteiger partial charge in [0, 0.05) is 43.5 Å². The van der Waals surface area contributed by atoms with E-state index in [1.165, 1.54) is 11.3 Å². The number of aryl methyl sites for hydroxylation is 1. The van der Waals surface area contributed by atoms with Gasteiger partial charge in [0.1, 0.15) is 11.4 Å². The summed E-state index contributed by atoms with van der Waals surface area (Å²) in [5.41, 5.74) is 7.58. The first-order valence-electron chi connectivity index (χ1n) is 8.91. The maximum Gasteiger partial charge on any atom is 0.273 e. The third kappa shape index (κ3) is 4.81. The third-order valence-electron chi connectivity index (χ3n) is 4.64. The summed E-state index contributed by atoms with van der Waals surface area (Å²) in [5, 5.41) is 2.66. The highest BCUT2D eigenvalue weighted by molar-refractivity contribution is 7.09. The Morgan fingerprint density at radius 2 is 1.82 bits per heavy atom. The molecule has 28 heavy (non-hydrogen) atoms. The molecule has 1 aliphatic heterocycles. The van der Waals surface area contributed by atoms with Gasteiger partial charge in [0.05, 0.1) is 12.1 Å². The number of halogens is 1. The molecule has 3 rings (SSSR count). The van der Waals surface area contributed by atoms with E-state index in [2.05, 4.69) is 4.98 Å². The van der Waals surface area contributed by atoms with Crippen LogP contribution in [0.25, 0.3) is 0 Å². The molecule has 9 heteroatoms. The number of carbonyl (C=O) groups is 2. The van der Waals surface area contributed by atoms with Gasteiger partial charge in [0.25, 0.3) is 11.8 Å². The Labute approximate surface area is 174 Å². The van der Waals surface area contributed by atoms with Crippen molar-refractivity contribution in [1.29, 1.82) is 0 Å². The topological polar surface area (TPSA) is 88.8 Å². The van der Waals surface area contributed by atoms with Crippen molar-refractivity contribution >= 4 is 35.6 Å². The lowest BCUT2D eigenvalue weighted by molar-refractivity contribution is 0.0532. The van der Waals surface area contributed by atoms with Gasteiger partial charge in [-0.15, -0.1) is 23.7 Å². The molecule has 2 heterocycles. The Kier molecular flexibility index (Phi) is 7.79. The van der Waals surface area contributed by atoms with E-state index >= 15 is 0 Å². The monoisotopic (exact) mass is 424 g/mol. The van der Waals surface area contributed by atoms with E-state index in [9.17, 15) is 9.59 Å². The highest BCUT2D eigenvalue weighted by Crippen LogP contribution is 2.21. The Hall–Kier alpha value is -2.16. The number of methoxy groups -OCH3 is 1. The molecule has 0 bridgehead atoms. The molecule has 7 nitrogen and oxygen atoms in total. The van der Waals surface area contributed by atoms with E-state index in [4.69, 9.17) is 10.5 Å². The Balaban J connectivity index is 0.00000280. The summed E-state index contributed by atoms with van der Waals surface area (Å²) in [4.78, 5) is 33.2. The fraction of sp³-hybridized carbons (Fsp3) is 0.421. The molecule has 1 aromatic carbocycles. The number of nitrogens with two attached hydrogens (primary N) is 1. The van der Waals surface area contributed by atoms with Crippen LogP contribution in [0.4, 0.5) is 0 Å². The molecule has 0 spiro atoms. The maximum absolute atomic E-state index is 12.7. The normalized spacial score (nSPS) is 13.8. The van der Waals surface area contributed by atoms with Gasteiger partial charge in [0.2, 0.25) is 0 Å². The average Bonchev–Trinajstić information content (AvgIpc) is 3.16. The van der Waals surface area contributed by atoms with Crippen LogP contribution in [0.2, 0.25) is 0 Å². The number of rotatable bonds is 5. The highest BCUT2D eigenvalue weighted by Gasteiger charge is 2.27. The number of thiazole rings is 1. The number of carbonyl (C=O) groups excluding carboxylic acids is 2. The molecule has 1 aliphatic rings. The number of piperazine rings is 1. The predicted octanol–water partition coefficient (Wildman–Crippen LogP) is 1.98. The summed E-state index contributed by atoms with van der Waals surface area (Å²) in [5.74, 6) is 0.574. The van der Waals surface area contributed by atoms with Gasteiger partial charge in [-0.3, -0.25) is 9.59 Å². The fourth-order valence-electron chi connectivity index (χ4n) is 3.06. The molecule has 2 amide bonds. The second-order valence-electron chi connectivity index (χ2n) is 6.43. The molecular formula is C19H25ClN4O3S. The van der Waals surface area contributed by atoms with E-state index in [1.807, 2.05) is 19.1 Å². The predicted molar refractivity (Wildman–Crippen MR) is 112 cm³/mol.